The van der Waals surface area contributed by atoms with E-state index in [-0.39, 0.29) is 12.5 Å². The number of rotatable bonds is 7. The molecule has 2 heterocycles. The number of anilines is 2. The Bertz CT molecular complexity index is 1040. The lowest BCUT2D eigenvalue weighted by molar-refractivity contribution is -0.117. The van der Waals surface area contributed by atoms with Gasteiger partial charge < -0.3 is 15.0 Å². The second-order valence-electron chi connectivity index (χ2n) is 8.13. The Morgan fingerprint density at radius 3 is 2.24 bits per heavy atom. The third-order valence-corrected chi connectivity index (χ3v) is 7.38. The largest absolute Gasteiger partial charge is 0.378 e. The predicted molar refractivity (Wildman–Crippen MR) is 131 cm³/mol. The van der Waals surface area contributed by atoms with Gasteiger partial charge in [-0.2, -0.15) is 4.31 Å². The molecule has 1 N–H and O–H groups in total. The molecule has 0 bridgehead atoms. The van der Waals surface area contributed by atoms with E-state index in [0.29, 0.717) is 26.2 Å². The van der Waals surface area contributed by atoms with Gasteiger partial charge in [0.05, 0.1) is 19.8 Å². The molecule has 2 aliphatic rings. The first-order valence-electron chi connectivity index (χ1n) is 11.2. The van der Waals surface area contributed by atoms with Crippen molar-refractivity contribution in [2.24, 2.45) is 0 Å². The minimum Gasteiger partial charge on any atom is -0.378 e. The number of nitrogens with zero attached hydrogens (tertiary/aromatic N) is 3. The summed E-state index contributed by atoms with van der Waals surface area (Å²) in [6, 6.07) is 17.2. The summed E-state index contributed by atoms with van der Waals surface area (Å²) in [5, 5.41) is 4.19. The normalized spacial score (nSPS) is 18.5. The second kappa shape index (κ2) is 10.9. The van der Waals surface area contributed by atoms with E-state index in [1.165, 1.54) is 9.71 Å². The number of carbonyl (C=O) groups excluding carboxylic acids is 1. The van der Waals surface area contributed by atoms with Crippen LogP contribution in [0.4, 0.5) is 11.4 Å². The molecule has 2 aliphatic heterocycles. The van der Waals surface area contributed by atoms with Crippen molar-refractivity contribution in [3.05, 3.63) is 65.6 Å². The van der Waals surface area contributed by atoms with Crippen LogP contribution in [0.3, 0.4) is 0 Å². The summed E-state index contributed by atoms with van der Waals surface area (Å²) in [6.07, 6.45) is 1.61. The summed E-state index contributed by atoms with van der Waals surface area (Å²) in [6.45, 7) is 5.20. The summed E-state index contributed by atoms with van der Waals surface area (Å²) < 4.78 is 32.0. The van der Waals surface area contributed by atoms with Gasteiger partial charge in [-0.25, -0.2) is 8.42 Å². The van der Waals surface area contributed by atoms with Crippen molar-refractivity contribution in [1.82, 2.24) is 9.21 Å². The number of morpholine rings is 1. The zero-order valence-corrected chi connectivity index (χ0v) is 19.4. The number of piperazine rings is 1. The number of amides is 1. The number of sulfonamides is 1. The summed E-state index contributed by atoms with van der Waals surface area (Å²) in [4.78, 5) is 16.7. The van der Waals surface area contributed by atoms with E-state index in [2.05, 4.69) is 10.2 Å². The van der Waals surface area contributed by atoms with E-state index in [9.17, 15) is 13.2 Å². The van der Waals surface area contributed by atoms with Gasteiger partial charge in [-0.15, -0.1) is 0 Å². The van der Waals surface area contributed by atoms with E-state index in [0.717, 1.165) is 43.2 Å². The topological polar surface area (TPSA) is 82.2 Å². The molecule has 2 aromatic carbocycles. The summed E-state index contributed by atoms with van der Waals surface area (Å²) in [5.74, 6) is -0.102. The summed E-state index contributed by atoms with van der Waals surface area (Å²) in [5.41, 5.74) is 2.72. The van der Waals surface area contributed by atoms with Crippen molar-refractivity contribution in [2.45, 2.75) is 0 Å². The van der Waals surface area contributed by atoms with Crippen LogP contribution in [0.25, 0.3) is 6.08 Å². The zero-order chi connectivity index (χ0) is 23.1. The lowest BCUT2D eigenvalue weighted by Gasteiger charge is -2.32. The van der Waals surface area contributed by atoms with E-state index >= 15 is 0 Å². The maximum absolute atomic E-state index is 12.6. The number of benzene rings is 2. The summed E-state index contributed by atoms with van der Waals surface area (Å²) >= 11 is 0. The van der Waals surface area contributed by atoms with Gasteiger partial charge in [-0.05, 0) is 35.9 Å². The van der Waals surface area contributed by atoms with E-state index in [1.807, 2.05) is 59.5 Å². The molecule has 1 amide bonds. The van der Waals surface area contributed by atoms with Gasteiger partial charge in [-0.3, -0.25) is 9.69 Å². The quantitative estimate of drug-likeness (QED) is 0.667. The van der Waals surface area contributed by atoms with Crippen molar-refractivity contribution < 1.29 is 17.9 Å². The Balaban J connectivity index is 1.23. The number of ether oxygens (including phenoxy) is 1. The molecule has 176 valence electrons. The van der Waals surface area contributed by atoms with Gasteiger partial charge in [-0.1, -0.05) is 30.3 Å². The van der Waals surface area contributed by atoms with Gasteiger partial charge in [0.1, 0.15) is 0 Å². The molecule has 2 saturated heterocycles. The maximum Gasteiger partial charge on any atom is 0.238 e. The Kier molecular flexibility index (Phi) is 7.77. The van der Waals surface area contributed by atoms with Crippen LogP contribution in [-0.2, 0) is 19.6 Å². The maximum atomic E-state index is 12.6. The van der Waals surface area contributed by atoms with Crippen LogP contribution in [0.1, 0.15) is 5.56 Å². The minimum atomic E-state index is -3.48. The molecule has 0 atom stereocenters. The molecule has 0 aromatic heterocycles. The van der Waals surface area contributed by atoms with Crippen LogP contribution in [0, 0.1) is 0 Å². The Morgan fingerprint density at radius 1 is 0.909 bits per heavy atom. The Labute approximate surface area is 195 Å². The fraction of sp³-hybridized carbons (Fsp3) is 0.375. The Hall–Kier alpha value is -2.72. The molecule has 33 heavy (non-hydrogen) atoms. The highest BCUT2D eigenvalue weighted by molar-refractivity contribution is 7.92. The molecule has 0 radical (unpaired) electrons. The highest BCUT2D eigenvalue weighted by Crippen LogP contribution is 2.19. The SMILES string of the molecule is O=C(CN1CCN(S(=O)(=O)/C=C/c2ccccc2)CC1)Nc1ccc(N2CCOCC2)cc1. The first kappa shape index (κ1) is 23.4. The van der Waals surface area contributed by atoms with Gasteiger partial charge in [0, 0.05) is 56.1 Å². The molecule has 8 nitrogen and oxygen atoms in total. The number of carbonyl (C=O) groups is 1. The molecule has 4 rings (SSSR count). The number of hydrogen-bond acceptors (Lipinski definition) is 6. The van der Waals surface area contributed by atoms with Crippen LogP contribution in [-0.4, -0.2) is 82.6 Å². The third-order valence-electron chi connectivity index (χ3n) is 5.82. The van der Waals surface area contributed by atoms with Crippen molar-refractivity contribution in [2.75, 3.05) is 69.2 Å². The van der Waals surface area contributed by atoms with E-state index < -0.39 is 10.0 Å². The first-order valence-corrected chi connectivity index (χ1v) is 12.7. The van der Waals surface area contributed by atoms with Crippen LogP contribution in [0.15, 0.2) is 60.0 Å². The van der Waals surface area contributed by atoms with Gasteiger partial charge in [0.25, 0.3) is 0 Å². The van der Waals surface area contributed by atoms with Gasteiger partial charge in [0.2, 0.25) is 15.9 Å². The van der Waals surface area contributed by atoms with E-state index in [4.69, 9.17) is 4.74 Å². The molecule has 0 aliphatic carbocycles. The average Bonchev–Trinajstić information content (AvgIpc) is 2.85. The van der Waals surface area contributed by atoms with Crippen LogP contribution in [0.2, 0.25) is 0 Å². The lowest BCUT2D eigenvalue weighted by Crippen LogP contribution is -2.49. The van der Waals surface area contributed by atoms with Crippen LogP contribution < -0.4 is 10.2 Å². The highest BCUT2D eigenvalue weighted by Gasteiger charge is 2.26. The van der Waals surface area contributed by atoms with Crippen LogP contribution >= 0.6 is 0 Å². The molecular weight excluding hydrogens is 440 g/mol. The van der Waals surface area contributed by atoms with Gasteiger partial charge in [0.15, 0.2) is 0 Å². The fourth-order valence-corrected chi connectivity index (χ4v) is 5.11. The molecule has 0 unspecified atom stereocenters. The highest BCUT2D eigenvalue weighted by atomic mass is 32.2. The first-order chi connectivity index (χ1) is 16.0. The lowest BCUT2D eigenvalue weighted by atomic mass is 10.2. The zero-order valence-electron chi connectivity index (χ0n) is 18.6. The molecule has 2 fully saturated rings. The minimum absolute atomic E-state index is 0.102. The smallest absolute Gasteiger partial charge is 0.238 e. The van der Waals surface area contributed by atoms with Crippen LogP contribution in [0.5, 0.6) is 0 Å². The Morgan fingerprint density at radius 2 is 1.58 bits per heavy atom. The molecular formula is C24H30N4O4S. The van der Waals surface area contributed by atoms with E-state index in [1.54, 1.807) is 6.08 Å². The van der Waals surface area contributed by atoms with Gasteiger partial charge >= 0.3 is 0 Å². The standard InChI is InChI=1S/C24H30N4O4S/c29-24(25-22-6-8-23(9-7-22)27-15-17-32-18-16-27)20-26-11-13-28(14-12-26)33(30,31)19-10-21-4-2-1-3-5-21/h1-10,19H,11-18,20H2,(H,25,29)/b19-10+. The number of nitrogens with one attached hydrogen (secondary N) is 1. The molecule has 0 saturated carbocycles. The third kappa shape index (κ3) is 6.64. The van der Waals surface area contributed by atoms with Crippen molar-refractivity contribution in [3.63, 3.8) is 0 Å². The van der Waals surface area contributed by atoms with Crippen molar-refractivity contribution in [1.29, 1.82) is 0 Å². The fourth-order valence-electron chi connectivity index (χ4n) is 3.94. The number of hydrogen-bond donors (Lipinski definition) is 1. The summed E-state index contributed by atoms with van der Waals surface area (Å²) in [7, 11) is -3.48. The average molecular weight is 471 g/mol. The molecule has 0 spiro atoms. The second-order valence-corrected chi connectivity index (χ2v) is 9.95. The molecule has 2 aromatic rings. The monoisotopic (exact) mass is 470 g/mol. The van der Waals surface area contributed by atoms with Crippen molar-refractivity contribution in [3.8, 4) is 0 Å². The van der Waals surface area contributed by atoms with Crippen molar-refractivity contribution >= 4 is 33.4 Å². The molecule has 9 heteroatoms. The predicted octanol–water partition coefficient (Wildman–Crippen LogP) is 2.08.